The highest BCUT2D eigenvalue weighted by molar-refractivity contribution is 5.79. The molecule has 0 radical (unpaired) electrons. The average Bonchev–Trinajstić information content (AvgIpc) is 2.56. The van der Waals surface area contributed by atoms with E-state index in [1.54, 1.807) is 19.9 Å². The minimum atomic E-state index is -0.515. The van der Waals surface area contributed by atoms with E-state index in [9.17, 15) is 9.59 Å². The van der Waals surface area contributed by atoms with Crippen LogP contribution in [-0.2, 0) is 14.3 Å². The maximum atomic E-state index is 11.9. The zero-order valence-corrected chi connectivity index (χ0v) is 15.2. The third-order valence-electron chi connectivity index (χ3n) is 4.32. The van der Waals surface area contributed by atoms with Crippen molar-refractivity contribution in [3.8, 4) is 0 Å². The molecule has 0 aromatic heterocycles. The minimum absolute atomic E-state index is 0.00434. The van der Waals surface area contributed by atoms with Crippen molar-refractivity contribution in [3.63, 3.8) is 0 Å². The molecule has 4 heteroatoms. The van der Waals surface area contributed by atoms with Gasteiger partial charge in [-0.1, -0.05) is 56.7 Å². The second kappa shape index (κ2) is 9.38. The molecule has 1 N–H and O–H groups in total. The molecule has 0 aliphatic carbocycles. The van der Waals surface area contributed by atoms with Crippen molar-refractivity contribution in [2.75, 3.05) is 6.61 Å². The summed E-state index contributed by atoms with van der Waals surface area (Å²) in [6.07, 6.45) is 3.29. The molecule has 1 rings (SSSR count). The summed E-state index contributed by atoms with van der Waals surface area (Å²) in [4.78, 5) is 23.7. The van der Waals surface area contributed by atoms with Gasteiger partial charge >= 0.3 is 5.97 Å². The maximum Gasteiger partial charge on any atom is 0.305 e. The Balaban J connectivity index is 3.26. The molecule has 0 saturated carbocycles. The number of aliphatic hydroxyl groups is 1. The Morgan fingerprint density at radius 3 is 2.50 bits per heavy atom. The van der Waals surface area contributed by atoms with Crippen LogP contribution in [0.15, 0.2) is 24.3 Å². The molecule has 0 fully saturated rings. The van der Waals surface area contributed by atoms with Gasteiger partial charge in [-0.3, -0.25) is 9.59 Å². The van der Waals surface area contributed by atoms with E-state index in [-0.39, 0.29) is 36.6 Å². The number of ketones is 1. The first-order chi connectivity index (χ1) is 11.3. The van der Waals surface area contributed by atoms with E-state index < -0.39 is 6.10 Å². The number of esters is 1. The van der Waals surface area contributed by atoms with Crippen LogP contribution in [-0.4, -0.2) is 29.6 Å². The monoisotopic (exact) mass is 332 g/mol. The normalized spacial score (nSPS) is 15.1. The molecule has 0 aliphatic heterocycles. The van der Waals surface area contributed by atoms with Crippen molar-refractivity contribution in [1.82, 2.24) is 0 Å². The van der Waals surface area contributed by atoms with Crippen LogP contribution in [0.25, 0.3) is 6.08 Å². The molecular weight excluding hydrogens is 304 g/mol. The van der Waals surface area contributed by atoms with Gasteiger partial charge in [0.15, 0.2) is 0 Å². The standard InChI is InChI=1S/C20H28O4/c1-6-19(23)24-20(14(3)16(5)22)15(4)18-10-9-13(2)12-17(18)8-7-11-21/h7-10,12,14-15,20-21H,6,11H2,1-5H3/t14-,15-,20-/m0/s1. The number of rotatable bonds is 8. The minimum Gasteiger partial charge on any atom is -0.461 e. The molecule has 0 heterocycles. The number of hydrogen-bond donors (Lipinski definition) is 1. The summed E-state index contributed by atoms with van der Waals surface area (Å²) in [6.45, 7) is 8.98. The molecule has 24 heavy (non-hydrogen) atoms. The van der Waals surface area contributed by atoms with Gasteiger partial charge in [0.05, 0.1) is 12.5 Å². The summed E-state index contributed by atoms with van der Waals surface area (Å²) in [7, 11) is 0. The highest BCUT2D eigenvalue weighted by Gasteiger charge is 2.31. The lowest BCUT2D eigenvalue weighted by Crippen LogP contribution is -2.34. The molecule has 0 aliphatic rings. The number of aliphatic hydroxyl groups excluding tert-OH is 1. The smallest absolute Gasteiger partial charge is 0.305 e. The van der Waals surface area contributed by atoms with E-state index in [1.165, 1.54) is 6.92 Å². The van der Waals surface area contributed by atoms with Crippen molar-refractivity contribution in [1.29, 1.82) is 0 Å². The summed E-state index contributed by atoms with van der Waals surface area (Å²) in [5.74, 6) is -0.834. The van der Waals surface area contributed by atoms with Crippen molar-refractivity contribution in [2.45, 2.75) is 53.1 Å². The average molecular weight is 332 g/mol. The van der Waals surface area contributed by atoms with Gasteiger partial charge in [-0.25, -0.2) is 0 Å². The van der Waals surface area contributed by atoms with Gasteiger partial charge in [0, 0.05) is 12.3 Å². The summed E-state index contributed by atoms with van der Waals surface area (Å²) < 4.78 is 5.60. The fourth-order valence-corrected chi connectivity index (χ4v) is 2.71. The molecule has 1 aromatic carbocycles. The topological polar surface area (TPSA) is 63.6 Å². The molecule has 0 bridgehead atoms. The molecule has 3 atom stereocenters. The van der Waals surface area contributed by atoms with Crippen LogP contribution < -0.4 is 0 Å². The Kier molecular flexibility index (Phi) is 7.86. The van der Waals surface area contributed by atoms with Gasteiger partial charge < -0.3 is 9.84 Å². The van der Waals surface area contributed by atoms with E-state index in [0.717, 1.165) is 16.7 Å². The molecular formula is C20H28O4. The first-order valence-corrected chi connectivity index (χ1v) is 8.39. The second-order valence-corrected chi connectivity index (χ2v) is 6.21. The highest BCUT2D eigenvalue weighted by atomic mass is 16.5. The zero-order valence-electron chi connectivity index (χ0n) is 15.2. The van der Waals surface area contributed by atoms with Crippen molar-refractivity contribution >= 4 is 17.8 Å². The van der Waals surface area contributed by atoms with Crippen LogP contribution in [0.4, 0.5) is 0 Å². The molecule has 0 amide bonds. The number of hydrogen-bond acceptors (Lipinski definition) is 4. The summed E-state index contributed by atoms with van der Waals surface area (Å²) in [5.41, 5.74) is 3.06. The number of ether oxygens (including phenoxy) is 1. The number of aryl methyl sites for hydroxylation is 1. The second-order valence-electron chi connectivity index (χ2n) is 6.21. The SMILES string of the molecule is CCC(=O)O[C@@H]([C@@H](C)C(C)=O)[C@@H](C)c1ccc(C)cc1C=CCO. The summed E-state index contributed by atoms with van der Waals surface area (Å²) in [5, 5.41) is 9.05. The lowest BCUT2D eigenvalue weighted by molar-refractivity contribution is -0.154. The van der Waals surface area contributed by atoms with Crippen molar-refractivity contribution in [3.05, 3.63) is 41.0 Å². The van der Waals surface area contributed by atoms with Crippen molar-refractivity contribution in [2.24, 2.45) is 5.92 Å². The molecule has 0 spiro atoms. The van der Waals surface area contributed by atoms with E-state index >= 15 is 0 Å². The zero-order chi connectivity index (χ0) is 18.3. The number of carbonyl (C=O) groups is 2. The van der Waals surface area contributed by atoms with Gasteiger partial charge in [-0.2, -0.15) is 0 Å². The number of benzene rings is 1. The maximum absolute atomic E-state index is 11.9. The Bertz CT molecular complexity index is 604. The Morgan fingerprint density at radius 1 is 1.29 bits per heavy atom. The molecule has 4 nitrogen and oxygen atoms in total. The third-order valence-corrected chi connectivity index (χ3v) is 4.32. The van der Waals surface area contributed by atoms with Crippen LogP contribution in [0.2, 0.25) is 0 Å². The van der Waals surface area contributed by atoms with E-state index in [2.05, 4.69) is 0 Å². The molecule has 132 valence electrons. The molecule has 0 saturated heterocycles. The first-order valence-electron chi connectivity index (χ1n) is 8.39. The fraction of sp³-hybridized carbons (Fsp3) is 0.500. The lowest BCUT2D eigenvalue weighted by Gasteiger charge is -2.29. The Morgan fingerprint density at radius 2 is 1.96 bits per heavy atom. The van der Waals surface area contributed by atoms with Crippen molar-refractivity contribution < 1.29 is 19.4 Å². The Labute approximate surface area is 144 Å². The highest BCUT2D eigenvalue weighted by Crippen LogP contribution is 2.31. The van der Waals surface area contributed by atoms with Gasteiger partial charge in [-0.05, 0) is 25.0 Å². The predicted molar refractivity (Wildman–Crippen MR) is 95.7 cm³/mol. The third kappa shape index (κ3) is 5.31. The van der Waals surface area contributed by atoms with Crippen LogP contribution >= 0.6 is 0 Å². The van der Waals surface area contributed by atoms with E-state index in [1.807, 2.05) is 38.1 Å². The molecule has 0 unspecified atom stereocenters. The van der Waals surface area contributed by atoms with Gasteiger partial charge in [0.2, 0.25) is 0 Å². The first kappa shape index (κ1) is 20.1. The largest absolute Gasteiger partial charge is 0.461 e. The predicted octanol–water partition coefficient (Wildman–Crippen LogP) is 3.65. The van der Waals surface area contributed by atoms with Crippen LogP contribution in [0, 0.1) is 12.8 Å². The Hall–Kier alpha value is -1.94. The van der Waals surface area contributed by atoms with Crippen LogP contribution in [0.1, 0.15) is 56.7 Å². The summed E-state index contributed by atoms with van der Waals surface area (Å²) >= 11 is 0. The summed E-state index contributed by atoms with van der Waals surface area (Å²) in [6, 6.07) is 6.02. The van der Waals surface area contributed by atoms with Gasteiger partial charge in [0.1, 0.15) is 11.9 Å². The number of Topliss-reactive ketones (excluding diaryl/α,β-unsaturated/α-hetero) is 1. The quantitative estimate of drug-likeness (QED) is 0.738. The van der Waals surface area contributed by atoms with E-state index in [4.69, 9.17) is 9.84 Å². The van der Waals surface area contributed by atoms with Gasteiger partial charge in [-0.15, -0.1) is 0 Å². The fourth-order valence-electron chi connectivity index (χ4n) is 2.71. The van der Waals surface area contributed by atoms with E-state index in [0.29, 0.717) is 0 Å². The lowest BCUT2D eigenvalue weighted by atomic mass is 9.83. The van der Waals surface area contributed by atoms with Crippen LogP contribution in [0.5, 0.6) is 0 Å². The van der Waals surface area contributed by atoms with Gasteiger partial charge in [0.25, 0.3) is 0 Å². The van der Waals surface area contributed by atoms with Crippen LogP contribution in [0.3, 0.4) is 0 Å². The number of carbonyl (C=O) groups excluding carboxylic acids is 2. The molecule has 1 aromatic rings.